The summed E-state index contributed by atoms with van der Waals surface area (Å²) in [6.07, 6.45) is -3.49. The number of alkyl halides is 3. The second kappa shape index (κ2) is 2.60. The van der Waals surface area contributed by atoms with Gasteiger partial charge < -0.3 is 4.74 Å². The van der Waals surface area contributed by atoms with Gasteiger partial charge in [0.15, 0.2) is 0 Å². The number of rotatable bonds is 0. The van der Waals surface area contributed by atoms with Crippen LogP contribution in [0.4, 0.5) is 13.2 Å². The van der Waals surface area contributed by atoms with Crippen molar-refractivity contribution in [3.8, 4) is 0 Å². The highest BCUT2D eigenvalue weighted by Crippen LogP contribution is 2.33. The number of piperidine rings is 1. The number of morpholine rings is 1. The van der Waals surface area contributed by atoms with Crippen LogP contribution in [0.1, 0.15) is 12.8 Å². The van der Waals surface area contributed by atoms with Crippen molar-refractivity contribution >= 4 is 0 Å². The first-order valence-electron chi connectivity index (χ1n) is 4.02. The first-order chi connectivity index (χ1) is 5.57. The number of ether oxygens (including phenoxy) is 1. The second-order valence-corrected chi connectivity index (χ2v) is 3.33. The van der Waals surface area contributed by atoms with Crippen LogP contribution in [0.15, 0.2) is 0 Å². The molecule has 2 bridgehead atoms. The summed E-state index contributed by atoms with van der Waals surface area (Å²) in [5.41, 5.74) is 0. The molecule has 3 rings (SSSR count). The van der Waals surface area contributed by atoms with Gasteiger partial charge in [0, 0.05) is 6.04 Å². The van der Waals surface area contributed by atoms with Crippen molar-refractivity contribution in [3.63, 3.8) is 0 Å². The molecular formula is C7H10F3NO. The molecule has 0 aliphatic carbocycles. The van der Waals surface area contributed by atoms with Gasteiger partial charge in [-0.25, -0.2) is 0 Å². The minimum Gasteiger partial charge on any atom is -0.375 e. The van der Waals surface area contributed by atoms with Crippen molar-refractivity contribution in [2.75, 3.05) is 6.61 Å². The number of nitrogens with one attached hydrogen (secondary N) is 1. The molecule has 3 saturated heterocycles. The molecule has 0 radical (unpaired) electrons. The third-order valence-corrected chi connectivity index (χ3v) is 2.45. The van der Waals surface area contributed by atoms with Crippen LogP contribution in [0.3, 0.4) is 0 Å². The highest BCUT2D eigenvalue weighted by molar-refractivity contribution is 4.95. The van der Waals surface area contributed by atoms with E-state index in [2.05, 4.69) is 5.32 Å². The lowest BCUT2D eigenvalue weighted by atomic mass is 9.92. The van der Waals surface area contributed by atoms with Crippen LogP contribution in [0.5, 0.6) is 0 Å². The van der Waals surface area contributed by atoms with Crippen LogP contribution in [-0.2, 0) is 4.74 Å². The molecule has 3 heterocycles. The first-order valence-corrected chi connectivity index (χ1v) is 4.02. The van der Waals surface area contributed by atoms with E-state index in [-0.39, 0.29) is 6.04 Å². The second-order valence-electron chi connectivity index (χ2n) is 3.33. The van der Waals surface area contributed by atoms with E-state index in [1.165, 1.54) is 0 Å². The average molecular weight is 181 g/mol. The van der Waals surface area contributed by atoms with E-state index in [1.54, 1.807) is 0 Å². The van der Waals surface area contributed by atoms with Crippen molar-refractivity contribution in [1.82, 2.24) is 5.32 Å². The highest BCUT2D eigenvalue weighted by Gasteiger charge is 2.50. The number of hydrogen-bond donors (Lipinski definition) is 1. The Balaban J connectivity index is 2.09. The molecule has 70 valence electrons. The van der Waals surface area contributed by atoms with Gasteiger partial charge in [0.1, 0.15) is 6.04 Å². The molecule has 1 N–H and O–H groups in total. The molecule has 0 aromatic carbocycles. The fourth-order valence-corrected chi connectivity index (χ4v) is 1.83. The van der Waals surface area contributed by atoms with Gasteiger partial charge in [0.2, 0.25) is 0 Å². The molecule has 0 aromatic heterocycles. The average Bonchev–Trinajstić information content (AvgIpc) is 2.05. The fourth-order valence-electron chi connectivity index (χ4n) is 1.83. The SMILES string of the molecule is FC(F)(F)C1NC2CCC1OC2. The van der Waals surface area contributed by atoms with Gasteiger partial charge in [-0.1, -0.05) is 0 Å². The van der Waals surface area contributed by atoms with E-state index < -0.39 is 18.3 Å². The van der Waals surface area contributed by atoms with Crippen molar-refractivity contribution in [2.45, 2.75) is 37.2 Å². The molecule has 3 aliphatic heterocycles. The predicted molar refractivity (Wildman–Crippen MR) is 35.7 cm³/mol. The van der Waals surface area contributed by atoms with Crippen LogP contribution in [-0.4, -0.2) is 31.0 Å². The zero-order chi connectivity index (χ0) is 8.77. The van der Waals surface area contributed by atoms with Crippen LogP contribution < -0.4 is 5.32 Å². The van der Waals surface area contributed by atoms with Gasteiger partial charge in [-0.05, 0) is 12.8 Å². The molecular weight excluding hydrogens is 171 g/mol. The van der Waals surface area contributed by atoms with E-state index in [0.29, 0.717) is 13.0 Å². The Labute approximate surface area is 68.1 Å². The number of fused-ring (bicyclic) bond motifs is 3. The zero-order valence-corrected chi connectivity index (χ0v) is 6.40. The largest absolute Gasteiger partial charge is 0.406 e. The molecule has 3 unspecified atom stereocenters. The van der Waals surface area contributed by atoms with E-state index in [4.69, 9.17) is 4.74 Å². The lowest BCUT2D eigenvalue weighted by Crippen LogP contribution is -2.64. The van der Waals surface area contributed by atoms with Crippen molar-refractivity contribution in [1.29, 1.82) is 0 Å². The normalized spacial score (nSPS) is 41.8. The molecule has 5 heteroatoms. The quantitative estimate of drug-likeness (QED) is 0.603. The van der Waals surface area contributed by atoms with Crippen molar-refractivity contribution in [3.05, 3.63) is 0 Å². The van der Waals surface area contributed by atoms with Gasteiger partial charge in [0.25, 0.3) is 0 Å². The van der Waals surface area contributed by atoms with E-state index in [1.807, 2.05) is 0 Å². The summed E-state index contributed by atoms with van der Waals surface area (Å²) in [4.78, 5) is 0. The standard InChI is InChI=1S/C7H10F3NO/c8-7(9,10)6-5-2-1-4(11-6)3-12-5/h4-6,11H,1-3H2. The minimum atomic E-state index is -4.16. The highest BCUT2D eigenvalue weighted by atomic mass is 19.4. The van der Waals surface area contributed by atoms with Crippen LogP contribution in [0, 0.1) is 0 Å². The Morgan fingerprint density at radius 1 is 1.25 bits per heavy atom. The molecule has 0 aromatic rings. The van der Waals surface area contributed by atoms with Crippen LogP contribution in [0.25, 0.3) is 0 Å². The summed E-state index contributed by atoms with van der Waals surface area (Å²) >= 11 is 0. The maximum absolute atomic E-state index is 12.3. The summed E-state index contributed by atoms with van der Waals surface area (Å²) in [6, 6.07) is -1.54. The van der Waals surface area contributed by atoms with E-state index in [9.17, 15) is 13.2 Å². The van der Waals surface area contributed by atoms with Gasteiger partial charge in [-0.15, -0.1) is 0 Å². The first kappa shape index (κ1) is 8.31. The summed E-state index contributed by atoms with van der Waals surface area (Å²) in [5.74, 6) is 0. The van der Waals surface area contributed by atoms with E-state index >= 15 is 0 Å². The smallest absolute Gasteiger partial charge is 0.375 e. The summed E-state index contributed by atoms with van der Waals surface area (Å²) in [6.45, 7) is 0.428. The van der Waals surface area contributed by atoms with E-state index in [0.717, 1.165) is 6.42 Å². The minimum absolute atomic E-state index is 0.0957. The molecule has 3 fully saturated rings. The maximum Gasteiger partial charge on any atom is 0.406 e. The number of halogens is 3. The fraction of sp³-hybridized carbons (Fsp3) is 1.00. The van der Waals surface area contributed by atoms with Crippen LogP contribution >= 0.6 is 0 Å². The predicted octanol–water partition coefficient (Wildman–Crippen LogP) is 1.07. The number of hydrogen-bond acceptors (Lipinski definition) is 2. The zero-order valence-electron chi connectivity index (χ0n) is 6.40. The topological polar surface area (TPSA) is 21.3 Å². The Bertz CT molecular complexity index is 174. The third-order valence-electron chi connectivity index (χ3n) is 2.45. The summed E-state index contributed by atoms with van der Waals surface area (Å²) in [5, 5.41) is 2.54. The summed E-state index contributed by atoms with van der Waals surface area (Å²) < 4.78 is 41.8. The molecule has 0 amide bonds. The molecule has 3 aliphatic rings. The maximum atomic E-state index is 12.3. The Kier molecular flexibility index (Phi) is 1.80. The molecule has 0 spiro atoms. The molecule has 3 atom stereocenters. The molecule has 0 saturated carbocycles. The lowest BCUT2D eigenvalue weighted by Gasteiger charge is -2.43. The monoisotopic (exact) mass is 181 g/mol. The Morgan fingerprint density at radius 2 is 2.00 bits per heavy atom. The Hall–Kier alpha value is -0.290. The van der Waals surface area contributed by atoms with Gasteiger partial charge >= 0.3 is 6.18 Å². The Morgan fingerprint density at radius 3 is 2.25 bits per heavy atom. The summed E-state index contributed by atoms with van der Waals surface area (Å²) in [7, 11) is 0. The third kappa shape index (κ3) is 1.31. The van der Waals surface area contributed by atoms with Crippen molar-refractivity contribution in [2.24, 2.45) is 0 Å². The van der Waals surface area contributed by atoms with Crippen molar-refractivity contribution < 1.29 is 17.9 Å². The molecule has 12 heavy (non-hydrogen) atoms. The van der Waals surface area contributed by atoms with Gasteiger partial charge in [0.05, 0.1) is 12.7 Å². The lowest BCUT2D eigenvalue weighted by molar-refractivity contribution is -0.215. The van der Waals surface area contributed by atoms with Gasteiger partial charge in [-0.2, -0.15) is 13.2 Å². The van der Waals surface area contributed by atoms with Crippen LogP contribution in [0.2, 0.25) is 0 Å². The molecule has 2 nitrogen and oxygen atoms in total. The van der Waals surface area contributed by atoms with Gasteiger partial charge in [-0.3, -0.25) is 5.32 Å².